The van der Waals surface area contributed by atoms with Gasteiger partial charge in [-0.15, -0.1) is 0 Å². The van der Waals surface area contributed by atoms with Crippen LogP contribution < -0.4 is 5.73 Å². The lowest BCUT2D eigenvalue weighted by molar-refractivity contribution is 0.395. The first kappa shape index (κ1) is 14.5. The Bertz CT molecular complexity index is 534. The van der Waals surface area contributed by atoms with Gasteiger partial charge in [-0.05, 0) is 26.2 Å². The van der Waals surface area contributed by atoms with Crippen molar-refractivity contribution in [3.8, 4) is 0 Å². The maximum atomic E-state index is 12.8. The largest absolute Gasteiger partial charge is 0.325 e. The average Bonchev–Trinajstić information content (AvgIpc) is 3.11. The molecule has 1 aromatic heterocycles. The molecule has 0 spiro atoms. The molecule has 19 heavy (non-hydrogen) atoms. The Balaban J connectivity index is 2.35. The van der Waals surface area contributed by atoms with Crippen LogP contribution in [0.3, 0.4) is 0 Å². The third-order valence-corrected chi connectivity index (χ3v) is 5.56. The minimum atomic E-state index is -3.48. The molecule has 7 heteroatoms. The number of hydrogen-bond donors (Lipinski definition) is 2. The number of nitrogens with zero attached hydrogens (tertiary/aromatic N) is 2. The molecule has 1 aromatic rings. The third kappa shape index (κ3) is 2.82. The zero-order chi connectivity index (χ0) is 14.0. The van der Waals surface area contributed by atoms with Crippen molar-refractivity contribution in [2.75, 3.05) is 6.54 Å². The smallest absolute Gasteiger partial charge is 0.247 e. The molecule has 1 saturated carbocycles. The van der Waals surface area contributed by atoms with E-state index < -0.39 is 10.0 Å². The second-order valence-electron chi connectivity index (χ2n) is 5.03. The van der Waals surface area contributed by atoms with Crippen molar-refractivity contribution in [2.45, 2.75) is 57.0 Å². The Kier molecular flexibility index (Phi) is 4.27. The van der Waals surface area contributed by atoms with E-state index in [1.165, 1.54) is 0 Å². The minimum Gasteiger partial charge on any atom is -0.325 e. The van der Waals surface area contributed by atoms with Gasteiger partial charge in [-0.2, -0.15) is 9.40 Å². The fourth-order valence-corrected chi connectivity index (χ4v) is 4.31. The number of hydrogen-bond acceptors (Lipinski definition) is 4. The number of nitrogens with one attached hydrogen (secondary N) is 1. The molecular formula is C12H22N4O2S. The van der Waals surface area contributed by atoms with Crippen LogP contribution in [-0.2, 0) is 16.6 Å². The van der Waals surface area contributed by atoms with Gasteiger partial charge in [0, 0.05) is 19.1 Å². The predicted octanol–water partition coefficient (Wildman–Crippen LogP) is 1.13. The van der Waals surface area contributed by atoms with E-state index in [4.69, 9.17) is 5.73 Å². The molecule has 108 valence electrons. The van der Waals surface area contributed by atoms with Gasteiger partial charge in [0.15, 0.2) is 0 Å². The van der Waals surface area contributed by atoms with Crippen LogP contribution in [-0.4, -0.2) is 35.5 Å². The lowest BCUT2D eigenvalue weighted by atomic mass is 10.3. The Morgan fingerprint density at radius 3 is 2.68 bits per heavy atom. The molecule has 2 rings (SSSR count). The van der Waals surface area contributed by atoms with Crippen LogP contribution in [0.2, 0.25) is 0 Å². The van der Waals surface area contributed by atoms with Gasteiger partial charge in [0.05, 0.1) is 11.4 Å². The fraction of sp³-hybridized carbons (Fsp3) is 0.750. The number of rotatable bonds is 7. The molecule has 0 amide bonds. The maximum Gasteiger partial charge on any atom is 0.247 e. The maximum absolute atomic E-state index is 12.8. The van der Waals surface area contributed by atoms with E-state index in [1.54, 1.807) is 11.2 Å². The van der Waals surface area contributed by atoms with Crippen LogP contribution in [0.4, 0.5) is 0 Å². The predicted molar refractivity (Wildman–Crippen MR) is 73.0 cm³/mol. The monoisotopic (exact) mass is 286 g/mol. The zero-order valence-corrected chi connectivity index (χ0v) is 12.3. The van der Waals surface area contributed by atoms with Gasteiger partial charge in [-0.1, -0.05) is 13.3 Å². The normalized spacial score (nSPS) is 16.2. The van der Waals surface area contributed by atoms with Gasteiger partial charge < -0.3 is 5.73 Å². The first-order chi connectivity index (χ1) is 9.02. The Morgan fingerprint density at radius 1 is 1.47 bits per heavy atom. The summed E-state index contributed by atoms with van der Waals surface area (Å²) in [6.07, 6.45) is 3.77. The number of aryl methyl sites for hydroxylation is 1. The summed E-state index contributed by atoms with van der Waals surface area (Å²) < 4.78 is 27.2. The van der Waals surface area contributed by atoms with Crippen LogP contribution >= 0.6 is 0 Å². The SMILES string of the molecule is CCCCN(C1CC1)S(=O)(=O)c1c(CN)n[nH]c1C. The molecule has 0 bridgehead atoms. The van der Waals surface area contributed by atoms with Crippen molar-refractivity contribution >= 4 is 10.0 Å². The number of aromatic amines is 1. The summed E-state index contributed by atoms with van der Waals surface area (Å²) in [7, 11) is -3.48. The van der Waals surface area contributed by atoms with E-state index in [1.807, 2.05) is 0 Å². The number of sulfonamides is 1. The second-order valence-corrected chi connectivity index (χ2v) is 6.86. The number of unbranched alkanes of at least 4 members (excludes halogenated alkanes) is 1. The molecule has 0 saturated heterocycles. The molecule has 0 unspecified atom stereocenters. The van der Waals surface area contributed by atoms with E-state index >= 15 is 0 Å². The van der Waals surface area contributed by atoms with Crippen molar-refractivity contribution in [2.24, 2.45) is 5.73 Å². The molecule has 0 aromatic carbocycles. The highest BCUT2D eigenvalue weighted by atomic mass is 32.2. The molecule has 1 aliphatic rings. The summed E-state index contributed by atoms with van der Waals surface area (Å²) >= 11 is 0. The molecule has 0 radical (unpaired) electrons. The van der Waals surface area contributed by atoms with Crippen molar-refractivity contribution in [3.63, 3.8) is 0 Å². The van der Waals surface area contributed by atoms with Crippen LogP contribution in [0.1, 0.15) is 44.0 Å². The summed E-state index contributed by atoms with van der Waals surface area (Å²) in [6.45, 7) is 4.50. The molecule has 6 nitrogen and oxygen atoms in total. The summed E-state index contributed by atoms with van der Waals surface area (Å²) in [6, 6.07) is 0.163. The van der Waals surface area contributed by atoms with E-state index in [2.05, 4.69) is 17.1 Å². The molecule has 1 heterocycles. The Hall–Kier alpha value is -0.920. The first-order valence-electron chi connectivity index (χ1n) is 6.78. The topological polar surface area (TPSA) is 92.1 Å². The minimum absolute atomic E-state index is 0.130. The number of H-pyrrole nitrogens is 1. The summed E-state index contributed by atoms with van der Waals surface area (Å²) in [4.78, 5) is 0.276. The number of aromatic nitrogens is 2. The standard InChI is InChI=1S/C12H22N4O2S/c1-3-4-7-16(10-5-6-10)19(17,18)12-9(2)14-15-11(12)8-13/h10H,3-8,13H2,1-2H3,(H,14,15). The van der Waals surface area contributed by atoms with Gasteiger partial charge in [0.2, 0.25) is 10.0 Å². The quantitative estimate of drug-likeness (QED) is 0.786. The van der Waals surface area contributed by atoms with Crippen LogP contribution in [0.25, 0.3) is 0 Å². The van der Waals surface area contributed by atoms with Gasteiger partial charge in [0.1, 0.15) is 4.90 Å². The lowest BCUT2D eigenvalue weighted by Gasteiger charge is -2.21. The fourth-order valence-electron chi connectivity index (χ4n) is 2.24. The highest BCUT2D eigenvalue weighted by molar-refractivity contribution is 7.89. The van der Waals surface area contributed by atoms with Crippen LogP contribution in [0, 0.1) is 6.92 Å². The summed E-state index contributed by atoms with van der Waals surface area (Å²) in [5.74, 6) is 0. The highest BCUT2D eigenvalue weighted by Gasteiger charge is 2.39. The van der Waals surface area contributed by atoms with Crippen molar-refractivity contribution in [1.29, 1.82) is 0 Å². The van der Waals surface area contributed by atoms with E-state index in [-0.39, 0.29) is 17.5 Å². The molecule has 3 N–H and O–H groups in total. The first-order valence-corrected chi connectivity index (χ1v) is 8.22. The molecule has 0 aliphatic heterocycles. The van der Waals surface area contributed by atoms with Gasteiger partial charge in [-0.25, -0.2) is 8.42 Å². The zero-order valence-electron chi connectivity index (χ0n) is 11.5. The lowest BCUT2D eigenvalue weighted by Crippen LogP contribution is -2.35. The molecule has 1 aliphatic carbocycles. The molecule has 1 fully saturated rings. The van der Waals surface area contributed by atoms with Gasteiger partial charge in [-0.3, -0.25) is 5.10 Å². The van der Waals surface area contributed by atoms with Crippen LogP contribution in [0.15, 0.2) is 4.90 Å². The highest BCUT2D eigenvalue weighted by Crippen LogP contribution is 2.33. The summed E-state index contributed by atoms with van der Waals surface area (Å²) in [5, 5.41) is 6.72. The Labute approximate surface area is 114 Å². The Morgan fingerprint density at radius 2 is 2.16 bits per heavy atom. The van der Waals surface area contributed by atoms with E-state index in [9.17, 15) is 8.42 Å². The third-order valence-electron chi connectivity index (χ3n) is 3.41. The van der Waals surface area contributed by atoms with Crippen LogP contribution in [0.5, 0.6) is 0 Å². The van der Waals surface area contributed by atoms with Crippen molar-refractivity contribution in [3.05, 3.63) is 11.4 Å². The van der Waals surface area contributed by atoms with E-state index in [0.717, 1.165) is 25.7 Å². The average molecular weight is 286 g/mol. The van der Waals surface area contributed by atoms with Gasteiger partial charge >= 0.3 is 0 Å². The van der Waals surface area contributed by atoms with E-state index in [0.29, 0.717) is 17.9 Å². The van der Waals surface area contributed by atoms with Crippen molar-refractivity contribution in [1.82, 2.24) is 14.5 Å². The number of nitrogens with two attached hydrogens (primary N) is 1. The second kappa shape index (κ2) is 5.60. The van der Waals surface area contributed by atoms with Crippen molar-refractivity contribution < 1.29 is 8.42 Å². The summed E-state index contributed by atoms with van der Waals surface area (Å²) in [5.41, 5.74) is 6.59. The molecule has 0 atom stereocenters. The molecular weight excluding hydrogens is 264 g/mol. The van der Waals surface area contributed by atoms with Gasteiger partial charge in [0.25, 0.3) is 0 Å².